The van der Waals surface area contributed by atoms with E-state index < -0.39 is 0 Å². The van der Waals surface area contributed by atoms with Crippen LogP contribution < -0.4 is 5.73 Å². The molecule has 5 nitrogen and oxygen atoms in total. The summed E-state index contributed by atoms with van der Waals surface area (Å²) >= 11 is 0. The van der Waals surface area contributed by atoms with E-state index >= 15 is 0 Å². The van der Waals surface area contributed by atoms with E-state index in [-0.39, 0.29) is 0 Å². The zero-order chi connectivity index (χ0) is 12.6. The summed E-state index contributed by atoms with van der Waals surface area (Å²) < 4.78 is 5.22. The average molecular weight is 246 g/mol. The molecule has 0 aromatic carbocycles. The maximum absolute atomic E-state index is 5.44. The average Bonchev–Trinajstić information content (AvgIpc) is 2.88. The fraction of sp³-hybridized carbons (Fsp3) is 0.462. The fourth-order valence-electron chi connectivity index (χ4n) is 1.75. The molecule has 2 aromatic heterocycles. The first-order valence-electron chi connectivity index (χ1n) is 6.33. The Balaban J connectivity index is 1.83. The van der Waals surface area contributed by atoms with Crippen molar-refractivity contribution in [2.75, 3.05) is 6.54 Å². The number of pyridine rings is 1. The maximum Gasteiger partial charge on any atom is 0.226 e. The molecule has 0 radical (unpaired) electrons. The largest absolute Gasteiger partial charge is 0.339 e. The summed E-state index contributed by atoms with van der Waals surface area (Å²) in [5.74, 6) is 1.34. The Morgan fingerprint density at radius 2 is 1.83 bits per heavy atom. The molecule has 2 heterocycles. The lowest BCUT2D eigenvalue weighted by molar-refractivity contribution is 0.374. The van der Waals surface area contributed by atoms with Crippen molar-refractivity contribution in [1.82, 2.24) is 15.1 Å². The minimum atomic E-state index is 0.634. The summed E-state index contributed by atoms with van der Waals surface area (Å²) in [6.07, 6.45) is 8.76. The topological polar surface area (TPSA) is 77.8 Å². The van der Waals surface area contributed by atoms with Crippen LogP contribution in [0.5, 0.6) is 0 Å². The first-order chi connectivity index (χ1) is 8.90. The van der Waals surface area contributed by atoms with E-state index in [0.29, 0.717) is 11.7 Å². The number of nitrogens with zero attached hydrogens (tertiary/aromatic N) is 3. The monoisotopic (exact) mass is 246 g/mol. The number of nitrogens with two attached hydrogens (primary N) is 1. The highest BCUT2D eigenvalue weighted by Gasteiger charge is 2.07. The van der Waals surface area contributed by atoms with Crippen LogP contribution >= 0.6 is 0 Å². The van der Waals surface area contributed by atoms with Gasteiger partial charge in [0.15, 0.2) is 0 Å². The van der Waals surface area contributed by atoms with E-state index in [9.17, 15) is 0 Å². The van der Waals surface area contributed by atoms with Crippen molar-refractivity contribution >= 4 is 0 Å². The number of rotatable bonds is 7. The molecule has 2 N–H and O–H groups in total. The molecule has 0 aliphatic heterocycles. The van der Waals surface area contributed by atoms with Gasteiger partial charge in [-0.1, -0.05) is 18.0 Å². The second-order valence-electron chi connectivity index (χ2n) is 4.20. The summed E-state index contributed by atoms with van der Waals surface area (Å²) in [4.78, 5) is 8.33. The molecule has 0 aliphatic carbocycles. The summed E-state index contributed by atoms with van der Waals surface area (Å²) in [5, 5.41) is 3.97. The molecule has 0 unspecified atom stereocenters. The maximum atomic E-state index is 5.44. The van der Waals surface area contributed by atoms with E-state index in [4.69, 9.17) is 10.3 Å². The van der Waals surface area contributed by atoms with Crippen LogP contribution in [0.2, 0.25) is 0 Å². The Morgan fingerprint density at radius 1 is 1.06 bits per heavy atom. The molecule has 0 amide bonds. The van der Waals surface area contributed by atoms with Gasteiger partial charge in [0.25, 0.3) is 0 Å². The number of hydrogen-bond donors (Lipinski definition) is 1. The van der Waals surface area contributed by atoms with Gasteiger partial charge < -0.3 is 10.3 Å². The first-order valence-corrected chi connectivity index (χ1v) is 6.33. The lowest BCUT2D eigenvalue weighted by Crippen LogP contribution is -1.97. The number of hydrogen-bond acceptors (Lipinski definition) is 5. The van der Waals surface area contributed by atoms with Gasteiger partial charge in [-0.2, -0.15) is 4.98 Å². The quantitative estimate of drug-likeness (QED) is 0.758. The molecule has 0 saturated heterocycles. The Labute approximate surface area is 106 Å². The van der Waals surface area contributed by atoms with Crippen molar-refractivity contribution in [1.29, 1.82) is 0 Å². The summed E-state index contributed by atoms with van der Waals surface area (Å²) in [6.45, 7) is 0.771. The minimum absolute atomic E-state index is 0.634. The van der Waals surface area contributed by atoms with Crippen molar-refractivity contribution in [3.63, 3.8) is 0 Å². The molecule has 0 fully saturated rings. The summed E-state index contributed by atoms with van der Waals surface area (Å²) in [7, 11) is 0. The second kappa shape index (κ2) is 6.86. The molecule has 0 atom stereocenters. The van der Waals surface area contributed by atoms with Gasteiger partial charge in [0.2, 0.25) is 11.7 Å². The molecular weight excluding hydrogens is 228 g/mol. The third-order valence-electron chi connectivity index (χ3n) is 2.75. The molecule has 2 aromatic rings. The predicted octanol–water partition coefficient (Wildman–Crippen LogP) is 2.19. The van der Waals surface area contributed by atoms with E-state index in [2.05, 4.69) is 15.1 Å². The lowest BCUT2D eigenvalue weighted by Gasteiger charge is -1.96. The van der Waals surface area contributed by atoms with E-state index in [1.165, 1.54) is 6.42 Å². The highest BCUT2D eigenvalue weighted by molar-refractivity contribution is 5.52. The smallest absolute Gasteiger partial charge is 0.226 e. The van der Waals surface area contributed by atoms with Gasteiger partial charge >= 0.3 is 0 Å². The van der Waals surface area contributed by atoms with Crippen LogP contribution in [0, 0.1) is 0 Å². The molecule has 96 valence electrons. The van der Waals surface area contributed by atoms with Crippen LogP contribution in [0.4, 0.5) is 0 Å². The van der Waals surface area contributed by atoms with Crippen LogP contribution in [0.3, 0.4) is 0 Å². The van der Waals surface area contributed by atoms with E-state index in [1.54, 1.807) is 12.4 Å². The van der Waals surface area contributed by atoms with Crippen molar-refractivity contribution < 1.29 is 4.52 Å². The van der Waals surface area contributed by atoms with Gasteiger partial charge in [-0.25, -0.2) is 0 Å². The van der Waals surface area contributed by atoms with Crippen LogP contribution in [0.15, 0.2) is 29.0 Å². The Morgan fingerprint density at radius 3 is 2.61 bits per heavy atom. The molecular formula is C13H18N4O. The van der Waals surface area contributed by atoms with Gasteiger partial charge in [-0.15, -0.1) is 0 Å². The number of aryl methyl sites for hydroxylation is 1. The molecule has 18 heavy (non-hydrogen) atoms. The molecule has 0 saturated carbocycles. The van der Waals surface area contributed by atoms with E-state index in [1.807, 2.05) is 12.1 Å². The second-order valence-corrected chi connectivity index (χ2v) is 4.20. The number of unbranched alkanes of at least 4 members (excludes halogenated alkanes) is 3. The van der Waals surface area contributed by atoms with Crippen LogP contribution in [-0.2, 0) is 6.42 Å². The molecule has 2 rings (SSSR count). The highest BCUT2D eigenvalue weighted by Crippen LogP contribution is 2.15. The SMILES string of the molecule is NCCCCCCc1nc(-c2ccncc2)no1. The standard InChI is InChI=1S/C13H18N4O/c14-8-4-2-1-3-5-12-16-13(17-18-12)11-6-9-15-10-7-11/h6-7,9-10H,1-5,8,14H2. The van der Waals surface area contributed by atoms with Crippen molar-refractivity contribution in [3.05, 3.63) is 30.4 Å². The van der Waals surface area contributed by atoms with Gasteiger partial charge in [0.05, 0.1) is 0 Å². The lowest BCUT2D eigenvalue weighted by atomic mass is 10.1. The summed E-state index contributed by atoms with van der Waals surface area (Å²) in [5.41, 5.74) is 6.38. The highest BCUT2D eigenvalue weighted by atomic mass is 16.5. The molecule has 0 aliphatic rings. The Kier molecular flexibility index (Phi) is 4.84. The molecule has 0 spiro atoms. The zero-order valence-electron chi connectivity index (χ0n) is 10.4. The van der Waals surface area contributed by atoms with Gasteiger partial charge in [-0.05, 0) is 31.5 Å². The predicted molar refractivity (Wildman–Crippen MR) is 68.8 cm³/mol. The third-order valence-corrected chi connectivity index (χ3v) is 2.75. The van der Waals surface area contributed by atoms with Crippen LogP contribution in [-0.4, -0.2) is 21.7 Å². The van der Waals surface area contributed by atoms with Crippen LogP contribution in [0.1, 0.15) is 31.6 Å². The zero-order valence-corrected chi connectivity index (χ0v) is 10.4. The minimum Gasteiger partial charge on any atom is -0.339 e. The van der Waals surface area contributed by atoms with Gasteiger partial charge in [-0.3, -0.25) is 4.98 Å². The van der Waals surface area contributed by atoms with E-state index in [0.717, 1.165) is 37.8 Å². The van der Waals surface area contributed by atoms with Gasteiger partial charge in [0.1, 0.15) is 0 Å². The Hall–Kier alpha value is -1.75. The van der Waals surface area contributed by atoms with Crippen molar-refractivity contribution in [2.45, 2.75) is 32.1 Å². The Bertz CT molecular complexity index is 455. The normalized spacial score (nSPS) is 10.7. The van der Waals surface area contributed by atoms with Gasteiger partial charge in [0, 0.05) is 24.4 Å². The van der Waals surface area contributed by atoms with Crippen LogP contribution in [0.25, 0.3) is 11.4 Å². The molecule has 5 heteroatoms. The van der Waals surface area contributed by atoms with Crippen molar-refractivity contribution in [2.24, 2.45) is 5.73 Å². The summed E-state index contributed by atoms with van der Waals surface area (Å²) in [6, 6.07) is 3.74. The third kappa shape index (κ3) is 3.63. The first kappa shape index (κ1) is 12.7. The molecule has 0 bridgehead atoms. The number of aromatic nitrogens is 3. The van der Waals surface area contributed by atoms with Crippen molar-refractivity contribution in [3.8, 4) is 11.4 Å². The fourth-order valence-corrected chi connectivity index (χ4v) is 1.75.